The third-order valence-electron chi connectivity index (χ3n) is 5.65. The number of aromatic nitrogens is 2. The third-order valence-corrected chi connectivity index (χ3v) is 6.56. The quantitative estimate of drug-likeness (QED) is 0.441. The molecule has 2 heterocycles. The van der Waals surface area contributed by atoms with Crippen LogP contribution >= 0.6 is 11.8 Å². The van der Waals surface area contributed by atoms with Crippen LogP contribution in [-0.2, 0) is 5.75 Å². The minimum atomic E-state index is 0.202. The van der Waals surface area contributed by atoms with E-state index in [1.807, 2.05) is 42.5 Å². The van der Waals surface area contributed by atoms with Crippen molar-refractivity contribution in [3.05, 3.63) is 60.5 Å². The van der Waals surface area contributed by atoms with Crippen LogP contribution in [0.15, 0.2) is 59.0 Å². The molecule has 1 aliphatic heterocycles. The first kappa shape index (κ1) is 22.6. The number of hydrogen-bond donors (Lipinski definition) is 1. The van der Waals surface area contributed by atoms with Gasteiger partial charge in [-0.05, 0) is 49.9 Å². The molecule has 1 atom stereocenters. The molecule has 1 fully saturated rings. The molecule has 1 aliphatic rings. The number of thioether (sulfide) groups is 1. The van der Waals surface area contributed by atoms with Gasteiger partial charge in [0.1, 0.15) is 5.75 Å². The van der Waals surface area contributed by atoms with Gasteiger partial charge >= 0.3 is 0 Å². The molecule has 1 saturated heterocycles. The Morgan fingerprint density at radius 2 is 1.97 bits per heavy atom. The fourth-order valence-electron chi connectivity index (χ4n) is 3.81. The van der Waals surface area contributed by atoms with E-state index in [-0.39, 0.29) is 6.61 Å². The number of aliphatic hydroxyl groups excluding tert-OH is 1. The van der Waals surface area contributed by atoms with Crippen molar-refractivity contribution in [1.82, 2.24) is 15.1 Å². The number of rotatable bonds is 11. The summed E-state index contributed by atoms with van der Waals surface area (Å²) >= 11 is 1.71. The number of ether oxygens (including phenoxy) is 1. The first-order valence-electron chi connectivity index (χ1n) is 11.0. The molecular formula is C24H30N4O3S. The Bertz CT molecular complexity index is 951. The molecule has 0 spiro atoms. The van der Waals surface area contributed by atoms with Crippen LogP contribution in [0.1, 0.15) is 12.3 Å². The van der Waals surface area contributed by atoms with Crippen molar-refractivity contribution >= 4 is 17.4 Å². The van der Waals surface area contributed by atoms with Crippen molar-refractivity contribution < 1.29 is 14.3 Å². The highest BCUT2D eigenvalue weighted by molar-refractivity contribution is 7.98. The molecular weight excluding hydrogens is 424 g/mol. The van der Waals surface area contributed by atoms with Gasteiger partial charge in [-0.2, -0.15) is 0 Å². The number of anilines is 1. The van der Waals surface area contributed by atoms with Crippen LogP contribution in [0.5, 0.6) is 5.75 Å². The first-order chi connectivity index (χ1) is 15.7. The Kier molecular flexibility index (Phi) is 8.03. The second-order valence-corrected chi connectivity index (χ2v) is 8.96. The summed E-state index contributed by atoms with van der Waals surface area (Å²) in [6.45, 7) is 3.56. The Labute approximate surface area is 193 Å². The Balaban J connectivity index is 1.23. The number of hydrogen-bond acceptors (Lipinski definition) is 8. The molecule has 4 rings (SSSR count). The van der Waals surface area contributed by atoms with E-state index in [1.54, 1.807) is 11.8 Å². The molecule has 1 unspecified atom stereocenters. The van der Waals surface area contributed by atoms with Gasteiger partial charge in [0.15, 0.2) is 0 Å². The topological polar surface area (TPSA) is 74.9 Å². The van der Waals surface area contributed by atoms with Gasteiger partial charge in [0.05, 0.1) is 19.0 Å². The average Bonchev–Trinajstić information content (AvgIpc) is 3.50. The highest BCUT2D eigenvalue weighted by atomic mass is 32.2. The highest BCUT2D eigenvalue weighted by Gasteiger charge is 2.25. The zero-order valence-corrected chi connectivity index (χ0v) is 19.2. The molecule has 2 aromatic carbocycles. The van der Waals surface area contributed by atoms with Gasteiger partial charge in [-0.15, -0.1) is 22.0 Å². The van der Waals surface area contributed by atoms with Crippen molar-refractivity contribution in [3.63, 3.8) is 0 Å². The van der Waals surface area contributed by atoms with E-state index in [0.29, 0.717) is 30.2 Å². The van der Waals surface area contributed by atoms with Gasteiger partial charge in [-0.1, -0.05) is 18.2 Å². The lowest BCUT2D eigenvalue weighted by Gasteiger charge is -2.24. The van der Waals surface area contributed by atoms with Crippen LogP contribution < -0.4 is 9.64 Å². The fourth-order valence-corrected chi connectivity index (χ4v) is 4.45. The minimum absolute atomic E-state index is 0.202. The lowest BCUT2D eigenvalue weighted by Crippen LogP contribution is -2.36. The van der Waals surface area contributed by atoms with Gasteiger partial charge in [0.2, 0.25) is 11.8 Å². The summed E-state index contributed by atoms with van der Waals surface area (Å²) in [7, 11) is 2.08. The molecule has 0 amide bonds. The van der Waals surface area contributed by atoms with Gasteiger partial charge in [-0.3, -0.25) is 4.90 Å². The lowest BCUT2D eigenvalue weighted by molar-refractivity contribution is 0.188. The number of benzene rings is 2. The molecule has 0 radical (unpaired) electrons. The summed E-state index contributed by atoms with van der Waals surface area (Å²) in [5, 5.41) is 17.5. The van der Waals surface area contributed by atoms with Crippen molar-refractivity contribution in [3.8, 4) is 17.2 Å². The first-order valence-corrected chi connectivity index (χ1v) is 12.1. The second kappa shape index (κ2) is 11.4. The molecule has 32 heavy (non-hydrogen) atoms. The normalized spacial score (nSPS) is 16.1. The molecule has 1 aromatic heterocycles. The van der Waals surface area contributed by atoms with E-state index < -0.39 is 0 Å². The Morgan fingerprint density at radius 3 is 2.75 bits per heavy atom. The van der Waals surface area contributed by atoms with E-state index in [0.717, 1.165) is 43.1 Å². The van der Waals surface area contributed by atoms with Crippen molar-refractivity contribution in [1.29, 1.82) is 0 Å². The predicted octanol–water partition coefficient (Wildman–Crippen LogP) is 3.55. The summed E-state index contributed by atoms with van der Waals surface area (Å²) in [5.41, 5.74) is 2.13. The summed E-state index contributed by atoms with van der Waals surface area (Å²) < 4.78 is 11.5. The minimum Gasteiger partial charge on any atom is -0.493 e. The molecule has 0 saturated carbocycles. The zero-order chi connectivity index (χ0) is 22.2. The van der Waals surface area contributed by atoms with E-state index >= 15 is 0 Å². The van der Waals surface area contributed by atoms with Gasteiger partial charge < -0.3 is 19.2 Å². The molecule has 3 aromatic rings. The van der Waals surface area contributed by atoms with Crippen LogP contribution in [0.3, 0.4) is 0 Å². The third kappa shape index (κ3) is 6.03. The summed E-state index contributed by atoms with van der Waals surface area (Å²) in [6.07, 6.45) is 1.11. The maximum absolute atomic E-state index is 9.15. The summed E-state index contributed by atoms with van der Waals surface area (Å²) in [5.74, 6) is 3.58. The van der Waals surface area contributed by atoms with E-state index in [4.69, 9.17) is 14.3 Å². The van der Waals surface area contributed by atoms with Crippen LogP contribution in [0.25, 0.3) is 11.5 Å². The van der Waals surface area contributed by atoms with E-state index in [1.165, 1.54) is 5.69 Å². The smallest absolute Gasteiger partial charge is 0.247 e. The average molecular weight is 455 g/mol. The summed E-state index contributed by atoms with van der Waals surface area (Å²) in [4.78, 5) is 4.62. The van der Waals surface area contributed by atoms with Gasteiger partial charge in [0, 0.05) is 42.7 Å². The monoisotopic (exact) mass is 454 g/mol. The molecule has 7 nitrogen and oxygen atoms in total. The molecule has 1 N–H and O–H groups in total. The predicted molar refractivity (Wildman–Crippen MR) is 128 cm³/mol. The fraction of sp³-hybridized carbons (Fsp3) is 0.417. The maximum Gasteiger partial charge on any atom is 0.247 e. The molecule has 8 heteroatoms. The van der Waals surface area contributed by atoms with Crippen LogP contribution in [0.2, 0.25) is 0 Å². The van der Waals surface area contributed by atoms with Crippen molar-refractivity contribution in [2.24, 2.45) is 0 Å². The number of nitrogens with zero attached hydrogens (tertiary/aromatic N) is 4. The van der Waals surface area contributed by atoms with Gasteiger partial charge in [0.25, 0.3) is 0 Å². The van der Waals surface area contributed by atoms with Crippen LogP contribution in [0.4, 0.5) is 5.69 Å². The van der Waals surface area contributed by atoms with Crippen LogP contribution in [0, 0.1) is 0 Å². The van der Waals surface area contributed by atoms with Gasteiger partial charge in [-0.25, -0.2) is 0 Å². The van der Waals surface area contributed by atoms with E-state index in [9.17, 15) is 0 Å². The largest absolute Gasteiger partial charge is 0.493 e. The van der Waals surface area contributed by atoms with Crippen LogP contribution in [-0.4, -0.2) is 71.9 Å². The Morgan fingerprint density at radius 1 is 1.16 bits per heavy atom. The summed E-state index contributed by atoms with van der Waals surface area (Å²) in [6, 6.07) is 18.6. The molecule has 0 bridgehead atoms. The van der Waals surface area contributed by atoms with Crippen molar-refractivity contribution in [2.45, 2.75) is 18.2 Å². The van der Waals surface area contributed by atoms with Crippen molar-refractivity contribution in [2.75, 3.05) is 50.5 Å². The SMILES string of the molecule is CN(CCO)C1CCN(c2ccc(-c3nnc(CSCCOc4ccccc4)o3)cc2)C1. The number of likely N-dealkylation sites (N-methyl/N-ethyl adjacent to an activating group) is 1. The maximum atomic E-state index is 9.15. The Hall–Kier alpha value is -2.55. The van der Waals surface area contributed by atoms with E-state index in [2.05, 4.69) is 39.2 Å². The molecule has 170 valence electrons. The second-order valence-electron chi connectivity index (χ2n) is 7.85. The highest BCUT2D eigenvalue weighted by Crippen LogP contribution is 2.26. The lowest BCUT2D eigenvalue weighted by atomic mass is 10.2. The standard InChI is InChI=1S/C24H30N4O3S/c1-27(13-14-29)21-11-12-28(17-21)20-9-7-19(8-10-20)24-26-25-23(31-24)18-32-16-15-30-22-5-3-2-4-6-22/h2-10,21,29H,11-18H2,1H3. The zero-order valence-electron chi connectivity index (χ0n) is 18.4. The number of para-hydroxylation sites is 1. The molecule has 0 aliphatic carbocycles. The number of aliphatic hydroxyl groups is 1.